The summed E-state index contributed by atoms with van der Waals surface area (Å²) in [4.78, 5) is 0. The molecular weight excluding hydrogens is 270 g/mol. The zero-order chi connectivity index (χ0) is 15.7. The van der Waals surface area contributed by atoms with Crippen LogP contribution in [0.5, 0.6) is 0 Å². The summed E-state index contributed by atoms with van der Waals surface area (Å²) in [5, 5.41) is 5.64. The molecule has 0 bridgehead atoms. The Labute approximate surface area is 131 Å². The molecule has 112 valence electrons. The van der Waals surface area contributed by atoms with Crippen LogP contribution in [0.4, 0.5) is 5.69 Å². The quantitative estimate of drug-likeness (QED) is 0.556. The molecule has 0 unspecified atom stereocenters. The van der Waals surface area contributed by atoms with Gasteiger partial charge in [0.1, 0.15) is 0 Å². The van der Waals surface area contributed by atoms with Crippen LogP contribution in [0.2, 0.25) is 0 Å². The van der Waals surface area contributed by atoms with Gasteiger partial charge in [-0.25, -0.2) is 0 Å². The number of hydrogen-bond acceptors (Lipinski definition) is 2. The highest BCUT2D eigenvalue weighted by Crippen LogP contribution is 2.21. The van der Waals surface area contributed by atoms with E-state index in [-0.39, 0.29) is 0 Å². The van der Waals surface area contributed by atoms with E-state index in [2.05, 4.69) is 85.5 Å². The molecule has 1 heterocycles. The molecule has 0 aliphatic carbocycles. The minimum Gasteiger partial charge on any atom is -0.350 e. The predicted molar refractivity (Wildman–Crippen MR) is 94.8 cm³/mol. The molecule has 0 amide bonds. The second-order valence-electron chi connectivity index (χ2n) is 5.90. The summed E-state index contributed by atoms with van der Waals surface area (Å²) in [5.74, 6) is 0. The molecular formula is C19H21N3. The summed E-state index contributed by atoms with van der Waals surface area (Å²) in [7, 11) is 2.06. The summed E-state index contributed by atoms with van der Waals surface area (Å²) in [6, 6.07) is 12.8. The molecule has 3 heteroatoms. The zero-order valence-electron chi connectivity index (χ0n) is 13.5. The van der Waals surface area contributed by atoms with Crippen molar-refractivity contribution in [3.8, 4) is 0 Å². The first kappa shape index (κ1) is 14.4. The van der Waals surface area contributed by atoms with Crippen molar-refractivity contribution in [1.82, 2.24) is 4.57 Å². The first-order valence-electron chi connectivity index (χ1n) is 7.46. The highest BCUT2D eigenvalue weighted by molar-refractivity contribution is 5.99. The standard InChI is InChI=1S/C19H21N3/c1-13-5-7-18(15(3)9-13)21-20-11-16-12-22(4)19-8-6-14(2)10-17(16)19/h5-12,21H,1-4H3/b20-11+. The number of aromatic nitrogens is 1. The number of rotatable bonds is 3. The van der Waals surface area contributed by atoms with Crippen LogP contribution in [0.1, 0.15) is 22.3 Å². The summed E-state index contributed by atoms with van der Waals surface area (Å²) >= 11 is 0. The van der Waals surface area contributed by atoms with Crippen molar-refractivity contribution in [3.63, 3.8) is 0 Å². The van der Waals surface area contributed by atoms with Gasteiger partial charge in [0.2, 0.25) is 0 Å². The van der Waals surface area contributed by atoms with E-state index < -0.39 is 0 Å². The van der Waals surface area contributed by atoms with Gasteiger partial charge in [0.05, 0.1) is 11.9 Å². The van der Waals surface area contributed by atoms with E-state index in [0.29, 0.717) is 0 Å². The number of anilines is 1. The molecule has 3 aromatic rings. The molecule has 0 aliphatic rings. The third-order valence-electron chi connectivity index (χ3n) is 3.95. The van der Waals surface area contributed by atoms with E-state index in [0.717, 1.165) is 11.3 Å². The molecule has 0 spiro atoms. The van der Waals surface area contributed by atoms with Gasteiger partial charge in [-0.2, -0.15) is 5.10 Å². The van der Waals surface area contributed by atoms with Crippen LogP contribution >= 0.6 is 0 Å². The van der Waals surface area contributed by atoms with Crippen molar-refractivity contribution >= 4 is 22.8 Å². The second kappa shape index (κ2) is 5.68. The van der Waals surface area contributed by atoms with Gasteiger partial charge in [0.15, 0.2) is 0 Å². The summed E-state index contributed by atoms with van der Waals surface area (Å²) in [6.07, 6.45) is 4.00. The Kier molecular flexibility index (Phi) is 3.72. The molecule has 3 nitrogen and oxygen atoms in total. The fourth-order valence-corrected chi connectivity index (χ4v) is 2.75. The molecule has 0 saturated heterocycles. The molecule has 0 fully saturated rings. The maximum atomic E-state index is 4.41. The van der Waals surface area contributed by atoms with Crippen LogP contribution < -0.4 is 5.43 Å². The average Bonchev–Trinajstić information content (AvgIpc) is 2.77. The molecule has 0 saturated carbocycles. The topological polar surface area (TPSA) is 29.3 Å². The van der Waals surface area contributed by atoms with Crippen molar-refractivity contribution < 1.29 is 0 Å². The monoisotopic (exact) mass is 291 g/mol. The first-order valence-corrected chi connectivity index (χ1v) is 7.46. The maximum Gasteiger partial charge on any atom is 0.0591 e. The molecule has 1 aromatic heterocycles. The number of nitrogens with one attached hydrogen (secondary N) is 1. The minimum atomic E-state index is 1.04. The zero-order valence-corrected chi connectivity index (χ0v) is 13.5. The fourth-order valence-electron chi connectivity index (χ4n) is 2.75. The number of hydrazone groups is 1. The molecule has 2 aromatic carbocycles. The van der Waals surface area contributed by atoms with Crippen molar-refractivity contribution in [3.05, 3.63) is 64.8 Å². The van der Waals surface area contributed by atoms with E-state index in [1.165, 1.54) is 27.6 Å². The van der Waals surface area contributed by atoms with Crippen molar-refractivity contribution in [1.29, 1.82) is 0 Å². The lowest BCUT2D eigenvalue weighted by atomic mass is 10.1. The van der Waals surface area contributed by atoms with Crippen LogP contribution in [-0.2, 0) is 7.05 Å². The van der Waals surface area contributed by atoms with Crippen LogP contribution in [0.25, 0.3) is 10.9 Å². The van der Waals surface area contributed by atoms with E-state index >= 15 is 0 Å². The van der Waals surface area contributed by atoms with Gasteiger partial charge in [-0.15, -0.1) is 0 Å². The van der Waals surface area contributed by atoms with E-state index in [1.54, 1.807) is 0 Å². The Balaban J connectivity index is 1.88. The molecule has 3 rings (SSSR count). The second-order valence-corrected chi connectivity index (χ2v) is 5.90. The highest BCUT2D eigenvalue weighted by Gasteiger charge is 2.04. The predicted octanol–water partition coefficient (Wildman–Crippen LogP) is 4.55. The number of nitrogens with zero attached hydrogens (tertiary/aromatic N) is 2. The number of benzene rings is 2. The molecule has 0 atom stereocenters. The first-order chi connectivity index (χ1) is 10.5. The molecule has 0 radical (unpaired) electrons. The van der Waals surface area contributed by atoms with E-state index in [4.69, 9.17) is 0 Å². The number of aryl methyl sites for hydroxylation is 4. The van der Waals surface area contributed by atoms with Crippen LogP contribution in [0.3, 0.4) is 0 Å². The van der Waals surface area contributed by atoms with Crippen molar-refractivity contribution in [2.75, 3.05) is 5.43 Å². The lowest BCUT2D eigenvalue weighted by Crippen LogP contribution is -1.93. The third kappa shape index (κ3) is 2.75. The molecule has 1 N–H and O–H groups in total. The largest absolute Gasteiger partial charge is 0.350 e. The van der Waals surface area contributed by atoms with Crippen LogP contribution in [0.15, 0.2) is 47.7 Å². The summed E-state index contributed by atoms with van der Waals surface area (Å²) in [5.41, 5.74) is 10.2. The van der Waals surface area contributed by atoms with Crippen LogP contribution in [0, 0.1) is 20.8 Å². The van der Waals surface area contributed by atoms with Gasteiger partial charge in [-0.3, -0.25) is 5.43 Å². The highest BCUT2D eigenvalue weighted by atomic mass is 15.3. The smallest absolute Gasteiger partial charge is 0.0591 e. The summed E-state index contributed by atoms with van der Waals surface area (Å²) in [6.45, 7) is 6.30. The van der Waals surface area contributed by atoms with Gasteiger partial charge in [0, 0.05) is 29.7 Å². The normalized spacial score (nSPS) is 11.5. The minimum absolute atomic E-state index is 1.04. The Hall–Kier alpha value is -2.55. The Morgan fingerprint density at radius 2 is 1.73 bits per heavy atom. The Bertz CT molecular complexity index is 856. The van der Waals surface area contributed by atoms with Gasteiger partial charge in [-0.1, -0.05) is 29.3 Å². The van der Waals surface area contributed by atoms with Gasteiger partial charge >= 0.3 is 0 Å². The van der Waals surface area contributed by atoms with Gasteiger partial charge < -0.3 is 4.57 Å². The average molecular weight is 291 g/mol. The maximum absolute atomic E-state index is 4.41. The summed E-state index contributed by atoms with van der Waals surface area (Å²) < 4.78 is 2.13. The van der Waals surface area contributed by atoms with Crippen molar-refractivity contribution in [2.45, 2.75) is 20.8 Å². The fraction of sp³-hybridized carbons (Fsp3) is 0.211. The number of fused-ring (bicyclic) bond motifs is 1. The molecule has 22 heavy (non-hydrogen) atoms. The molecule has 0 aliphatic heterocycles. The Morgan fingerprint density at radius 1 is 1.00 bits per heavy atom. The lowest BCUT2D eigenvalue weighted by Gasteiger charge is -2.05. The SMILES string of the molecule is Cc1ccc(N/N=C/c2cn(C)c3ccc(C)cc23)c(C)c1. The third-order valence-corrected chi connectivity index (χ3v) is 3.95. The lowest BCUT2D eigenvalue weighted by molar-refractivity contribution is 0.968. The van der Waals surface area contributed by atoms with Crippen molar-refractivity contribution in [2.24, 2.45) is 12.1 Å². The van der Waals surface area contributed by atoms with Crippen LogP contribution in [-0.4, -0.2) is 10.8 Å². The number of hydrogen-bond donors (Lipinski definition) is 1. The van der Waals surface area contributed by atoms with Gasteiger partial charge in [-0.05, 0) is 44.5 Å². The Morgan fingerprint density at radius 3 is 2.50 bits per heavy atom. The van der Waals surface area contributed by atoms with Gasteiger partial charge in [0.25, 0.3) is 0 Å². The van der Waals surface area contributed by atoms with E-state index in [9.17, 15) is 0 Å². The van der Waals surface area contributed by atoms with E-state index in [1.807, 2.05) is 6.21 Å².